The number of halogens is 1. The van der Waals surface area contributed by atoms with Gasteiger partial charge in [0.25, 0.3) is 11.5 Å². The van der Waals surface area contributed by atoms with E-state index in [4.69, 9.17) is 5.21 Å². The maximum Gasteiger partial charge on any atom is 0.293 e. The van der Waals surface area contributed by atoms with Gasteiger partial charge >= 0.3 is 0 Å². The molecule has 0 fully saturated rings. The smallest absolute Gasteiger partial charge is 0.293 e. The van der Waals surface area contributed by atoms with Crippen molar-refractivity contribution >= 4 is 26.3 Å². The van der Waals surface area contributed by atoms with Crippen LogP contribution in [0, 0.1) is 12.1 Å². The standard InChI is InChI=1S/C5H4BrN3O4/c1-2-3(8-13-9(2)12)4(10)5(6)7-11/h11H,1H3. The first-order chi connectivity index (χ1) is 6.07. The number of hydrogen-bond acceptors (Lipinski definition) is 6. The second-order valence-corrected chi connectivity index (χ2v) is 2.84. The van der Waals surface area contributed by atoms with Crippen LogP contribution in [-0.4, -0.2) is 20.8 Å². The summed E-state index contributed by atoms with van der Waals surface area (Å²) in [6, 6.07) is 0. The van der Waals surface area contributed by atoms with Gasteiger partial charge < -0.3 is 10.4 Å². The van der Waals surface area contributed by atoms with E-state index in [1.54, 1.807) is 0 Å². The molecule has 1 aromatic heterocycles. The first-order valence-electron chi connectivity index (χ1n) is 3.06. The van der Waals surface area contributed by atoms with Crippen LogP contribution in [0.1, 0.15) is 16.2 Å². The molecule has 0 bridgehead atoms. The number of ketones is 1. The van der Waals surface area contributed by atoms with Crippen molar-refractivity contribution in [2.24, 2.45) is 5.16 Å². The van der Waals surface area contributed by atoms with Gasteiger partial charge in [-0.05, 0) is 20.8 Å². The molecule has 0 saturated heterocycles. The van der Waals surface area contributed by atoms with E-state index in [-0.39, 0.29) is 20.9 Å². The number of carbonyl (C=O) groups excluding carboxylic acids is 1. The first kappa shape index (κ1) is 9.65. The molecule has 0 unspecified atom stereocenters. The SMILES string of the molecule is Cc1c(C(=O)C(Br)=NO)no[n+]1[O-]. The molecular formula is C5H4BrN3O4. The topological polar surface area (TPSA) is 103 Å². The molecule has 1 N–H and O–H groups in total. The molecule has 1 aromatic rings. The predicted molar refractivity (Wildman–Crippen MR) is 42.7 cm³/mol. The zero-order valence-corrected chi connectivity index (χ0v) is 7.98. The van der Waals surface area contributed by atoms with Gasteiger partial charge in [-0.1, -0.05) is 5.16 Å². The molecule has 13 heavy (non-hydrogen) atoms. The van der Waals surface area contributed by atoms with E-state index in [0.29, 0.717) is 0 Å². The van der Waals surface area contributed by atoms with Gasteiger partial charge in [0.2, 0.25) is 5.69 Å². The molecule has 0 aromatic carbocycles. The summed E-state index contributed by atoms with van der Waals surface area (Å²) in [5, 5.41) is 24.7. The van der Waals surface area contributed by atoms with Crippen molar-refractivity contribution in [2.75, 3.05) is 0 Å². The van der Waals surface area contributed by atoms with Crippen molar-refractivity contribution in [1.82, 2.24) is 5.16 Å². The fourth-order valence-corrected chi connectivity index (χ4v) is 0.828. The monoisotopic (exact) mass is 249 g/mol. The van der Waals surface area contributed by atoms with E-state index >= 15 is 0 Å². The van der Waals surface area contributed by atoms with Crippen LogP contribution in [-0.2, 0) is 0 Å². The Bertz CT molecular complexity index is 372. The molecule has 0 saturated carbocycles. The summed E-state index contributed by atoms with van der Waals surface area (Å²) in [7, 11) is 0. The second-order valence-electron chi connectivity index (χ2n) is 2.08. The highest BCUT2D eigenvalue weighted by atomic mass is 79.9. The van der Waals surface area contributed by atoms with Crippen LogP contribution < -0.4 is 4.90 Å². The molecule has 0 amide bonds. The van der Waals surface area contributed by atoms with Gasteiger partial charge in [0.05, 0.1) is 5.16 Å². The summed E-state index contributed by atoms with van der Waals surface area (Å²) in [6.45, 7) is 1.36. The molecule has 70 valence electrons. The summed E-state index contributed by atoms with van der Waals surface area (Å²) in [5.41, 5.74) is -0.190. The maximum absolute atomic E-state index is 11.2. The zero-order chi connectivity index (χ0) is 10.0. The molecule has 0 atom stereocenters. The number of oxime groups is 1. The molecular weight excluding hydrogens is 246 g/mol. The van der Waals surface area contributed by atoms with Gasteiger partial charge in [-0.3, -0.25) is 9.42 Å². The van der Waals surface area contributed by atoms with Gasteiger partial charge in [-0.25, -0.2) is 0 Å². The highest BCUT2D eigenvalue weighted by molar-refractivity contribution is 9.19. The molecule has 0 aliphatic heterocycles. The summed E-state index contributed by atoms with van der Waals surface area (Å²) < 4.78 is 3.80. The van der Waals surface area contributed by atoms with Gasteiger partial charge in [0, 0.05) is 6.92 Å². The highest BCUT2D eigenvalue weighted by Gasteiger charge is 2.26. The third kappa shape index (κ3) is 1.66. The largest absolute Gasteiger partial charge is 0.410 e. The predicted octanol–water partition coefficient (Wildman–Crippen LogP) is -0.0183. The van der Waals surface area contributed by atoms with Crippen LogP contribution in [0.3, 0.4) is 0 Å². The van der Waals surface area contributed by atoms with E-state index in [2.05, 4.69) is 30.9 Å². The van der Waals surface area contributed by atoms with E-state index in [9.17, 15) is 10.0 Å². The first-order valence-corrected chi connectivity index (χ1v) is 3.85. The number of rotatable bonds is 2. The summed E-state index contributed by atoms with van der Waals surface area (Å²) >= 11 is 2.68. The van der Waals surface area contributed by atoms with Crippen molar-refractivity contribution in [3.63, 3.8) is 0 Å². The molecule has 0 radical (unpaired) electrons. The van der Waals surface area contributed by atoms with Gasteiger partial charge in [0.15, 0.2) is 4.62 Å². The Hall–Kier alpha value is -1.44. The number of Topliss-reactive ketones (excluding diaryl/α,β-unsaturated/α-hetero) is 1. The third-order valence-corrected chi connectivity index (χ3v) is 1.83. The molecule has 0 spiro atoms. The lowest BCUT2D eigenvalue weighted by atomic mass is 10.2. The fraction of sp³-hybridized carbons (Fsp3) is 0.200. The van der Waals surface area contributed by atoms with Crippen molar-refractivity contribution in [3.8, 4) is 0 Å². The quantitative estimate of drug-likeness (QED) is 0.261. The minimum absolute atomic E-state index is 0.00519. The van der Waals surface area contributed by atoms with Crippen molar-refractivity contribution in [2.45, 2.75) is 6.92 Å². The van der Waals surface area contributed by atoms with Crippen LogP contribution in [0.25, 0.3) is 0 Å². The average Bonchev–Trinajstić information content (AvgIpc) is 2.45. The molecule has 8 heteroatoms. The molecule has 0 aliphatic carbocycles. The minimum Gasteiger partial charge on any atom is -0.410 e. The lowest BCUT2D eigenvalue weighted by molar-refractivity contribution is -0.806. The lowest BCUT2D eigenvalue weighted by Gasteiger charge is -1.87. The fourth-order valence-electron chi connectivity index (χ4n) is 0.641. The molecule has 1 heterocycles. The highest BCUT2D eigenvalue weighted by Crippen LogP contribution is 2.04. The van der Waals surface area contributed by atoms with Crippen molar-refractivity contribution in [3.05, 3.63) is 16.6 Å². The Morgan fingerprint density at radius 1 is 1.85 bits per heavy atom. The minimum atomic E-state index is -0.724. The number of aromatic nitrogens is 2. The Morgan fingerprint density at radius 3 is 2.85 bits per heavy atom. The Balaban J connectivity index is 3.10. The van der Waals surface area contributed by atoms with Crippen LogP contribution in [0.2, 0.25) is 0 Å². The Labute approximate surface area is 80.3 Å². The Morgan fingerprint density at radius 2 is 2.46 bits per heavy atom. The summed E-state index contributed by atoms with van der Waals surface area (Å²) in [4.78, 5) is 11.3. The number of carbonyl (C=O) groups is 1. The Kier molecular flexibility index (Phi) is 2.61. The van der Waals surface area contributed by atoms with Crippen LogP contribution in [0.5, 0.6) is 0 Å². The number of nitrogens with zero attached hydrogens (tertiary/aromatic N) is 3. The van der Waals surface area contributed by atoms with E-state index in [0.717, 1.165) is 0 Å². The van der Waals surface area contributed by atoms with Gasteiger partial charge in [-0.2, -0.15) is 0 Å². The van der Waals surface area contributed by atoms with E-state index in [1.165, 1.54) is 6.92 Å². The maximum atomic E-state index is 11.2. The molecule has 7 nitrogen and oxygen atoms in total. The normalized spacial score (nSPS) is 11.7. The summed E-state index contributed by atoms with van der Waals surface area (Å²) in [6.07, 6.45) is 0. The summed E-state index contributed by atoms with van der Waals surface area (Å²) in [5.74, 6) is -0.724. The van der Waals surface area contributed by atoms with Crippen LogP contribution in [0.15, 0.2) is 9.78 Å². The van der Waals surface area contributed by atoms with E-state index < -0.39 is 5.78 Å². The van der Waals surface area contributed by atoms with Crippen molar-refractivity contribution in [1.29, 1.82) is 0 Å². The zero-order valence-electron chi connectivity index (χ0n) is 6.39. The number of hydrogen-bond donors (Lipinski definition) is 1. The van der Waals surface area contributed by atoms with E-state index in [1.807, 2.05) is 0 Å². The lowest BCUT2D eigenvalue weighted by Crippen LogP contribution is -2.27. The van der Waals surface area contributed by atoms with Crippen molar-refractivity contribution < 1.29 is 19.5 Å². The van der Waals surface area contributed by atoms with Gasteiger partial charge in [-0.15, -0.1) is 0 Å². The van der Waals surface area contributed by atoms with Crippen LogP contribution >= 0.6 is 15.9 Å². The average molecular weight is 250 g/mol. The van der Waals surface area contributed by atoms with Gasteiger partial charge in [0.1, 0.15) is 0 Å². The second kappa shape index (κ2) is 3.52. The molecule has 0 aliphatic rings. The molecule has 1 rings (SSSR count). The van der Waals surface area contributed by atoms with Crippen LogP contribution in [0.4, 0.5) is 0 Å². The third-order valence-electron chi connectivity index (χ3n) is 1.31.